The van der Waals surface area contributed by atoms with Crippen molar-refractivity contribution in [2.45, 2.75) is 19.8 Å². The lowest BCUT2D eigenvalue weighted by Crippen LogP contribution is -1.96. The minimum Gasteiger partial charge on any atom is -0.424 e. The summed E-state index contributed by atoms with van der Waals surface area (Å²) in [5.41, 5.74) is 1.17. The van der Waals surface area contributed by atoms with Gasteiger partial charge in [0.05, 0.1) is 0 Å². The largest absolute Gasteiger partial charge is 0.424 e. The van der Waals surface area contributed by atoms with Crippen LogP contribution in [0.1, 0.15) is 25.3 Å². The minimum absolute atomic E-state index is 0.00464. The maximum Gasteiger partial charge on any atom is 0.327 e. The molecule has 0 saturated heterocycles. The molecule has 0 aliphatic carbocycles. The molecular weight excluding hydrogens is 273 g/mol. The maximum absolute atomic E-state index is 5.67. The molecule has 1 aromatic carbocycles. The number of benzene rings is 1. The van der Waals surface area contributed by atoms with Crippen LogP contribution in [0.25, 0.3) is 0 Å². The number of ether oxygens (including phenoxy) is 1. The molecule has 0 fully saturated rings. The van der Waals surface area contributed by atoms with Gasteiger partial charge in [-0.1, -0.05) is 26.0 Å². The van der Waals surface area contributed by atoms with Crippen LogP contribution in [0.2, 0.25) is 10.6 Å². The molecule has 4 nitrogen and oxygen atoms in total. The van der Waals surface area contributed by atoms with Crippen LogP contribution < -0.4 is 4.74 Å². The molecule has 0 unspecified atom stereocenters. The zero-order chi connectivity index (χ0) is 13.1. The molecule has 6 heteroatoms. The second-order valence-corrected chi connectivity index (χ2v) is 4.66. The fourth-order valence-corrected chi connectivity index (χ4v) is 1.75. The summed E-state index contributed by atoms with van der Waals surface area (Å²) in [7, 11) is 0. The van der Waals surface area contributed by atoms with E-state index in [9.17, 15) is 0 Å². The van der Waals surface area contributed by atoms with Gasteiger partial charge in [0.25, 0.3) is 0 Å². The number of aromatic nitrogens is 3. The van der Waals surface area contributed by atoms with E-state index in [0.29, 0.717) is 11.7 Å². The van der Waals surface area contributed by atoms with Gasteiger partial charge in [0.2, 0.25) is 10.6 Å². The molecule has 1 heterocycles. The highest BCUT2D eigenvalue weighted by Gasteiger charge is 2.07. The number of halogens is 2. The summed E-state index contributed by atoms with van der Waals surface area (Å²) in [6.45, 7) is 4.21. The summed E-state index contributed by atoms with van der Waals surface area (Å²) in [6, 6.07) is 7.77. The number of hydrogen-bond donors (Lipinski definition) is 0. The Hall–Kier alpha value is -1.39. The van der Waals surface area contributed by atoms with Crippen LogP contribution in [0.4, 0.5) is 0 Å². The lowest BCUT2D eigenvalue weighted by molar-refractivity contribution is 0.438. The Morgan fingerprint density at radius 2 is 1.72 bits per heavy atom. The second-order valence-electron chi connectivity index (χ2n) is 3.99. The third-order valence-corrected chi connectivity index (χ3v) is 2.63. The highest BCUT2D eigenvalue weighted by atomic mass is 35.5. The van der Waals surface area contributed by atoms with Crippen molar-refractivity contribution >= 4 is 23.2 Å². The van der Waals surface area contributed by atoms with Crippen LogP contribution in [0.3, 0.4) is 0 Å². The zero-order valence-corrected chi connectivity index (χ0v) is 11.4. The predicted octanol–water partition coefficient (Wildman–Crippen LogP) is 4.09. The van der Waals surface area contributed by atoms with Gasteiger partial charge in [-0.15, -0.1) is 0 Å². The molecule has 2 aromatic rings. The molecule has 0 amide bonds. The molecule has 2 rings (SSSR count). The SMILES string of the molecule is CC(C)c1cccc(Oc2nc(Cl)nc(Cl)n2)c1. The minimum atomic E-state index is 0.00464. The van der Waals surface area contributed by atoms with Crippen LogP contribution in [-0.4, -0.2) is 15.0 Å². The van der Waals surface area contributed by atoms with Gasteiger partial charge in [0, 0.05) is 0 Å². The van der Waals surface area contributed by atoms with Gasteiger partial charge in [0.1, 0.15) is 5.75 Å². The molecule has 0 atom stereocenters. The molecular formula is C12H11Cl2N3O. The van der Waals surface area contributed by atoms with Crippen LogP contribution >= 0.6 is 23.2 Å². The van der Waals surface area contributed by atoms with Crippen LogP contribution in [-0.2, 0) is 0 Å². The van der Waals surface area contributed by atoms with Crippen molar-refractivity contribution in [3.05, 3.63) is 40.4 Å². The number of hydrogen-bond acceptors (Lipinski definition) is 4. The Morgan fingerprint density at radius 3 is 2.33 bits per heavy atom. The molecule has 0 radical (unpaired) electrons. The Labute approximate surface area is 115 Å². The van der Waals surface area contributed by atoms with E-state index in [-0.39, 0.29) is 16.6 Å². The Balaban J connectivity index is 2.25. The first-order chi connectivity index (χ1) is 8.54. The molecule has 1 aromatic heterocycles. The van der Waals surface area contributed by atoms with Gasteiger partial charge >= 0.3 is 6.01 Å². The van der Waals surface area contributed by atoms with E-state index >= 15 is 0 Å². The molecule has 0 bridgehead atoms. The topological polar surface area (TPSA) is 47.9 Å². The monoisotopic (exact) mass is 283 g/mol. The smallest absolute Gasteiger partial charge is 0.327 e. The van der Waals surface area contributed by atoms with E-state index in [1.54, 1.807) is 0 Å². The van der Waals surface area contributed by atoms with E-state index in [1.165, 1.54) is 5.56 Å². The van der Waals surface area contributed by atoms with Crippen molar-refractivity contribution in [2.75, 3.05) is 0 Å². The fourth-order valence-electron chi connectivity index (χ4n) is 1.40. The molecule has 94 valence electrons. The average Bonchev–Trinajstić information content (AvgIpc) is 2.27. The summed E-state index contributed by atoms with van der Waals surface area (Å²) in [4.78, 5) is 11.3. The van der Waals surface area contributed by atoms with Crippen molar-refractivity contribution in [3.8, 4) is 11.8 Å². The van der Waals surface area contributed by atoms with E-state index in [1.807, 2.05) is 24.3 Å². The van der Waals surface area contributed by atoms with Gasteiger partial charge < -0.3 is 4.74 Å². The highest BCUT2D eigenvalue weighted by molar-refractivity contribution is 6.31. The first-order valence-electron chi connectivity index (χ1n) is 5.39. The molecule has 0 aliphatic rings. The van der Waals surface area contributed by atoms with Gasteiger partial charge in [0.15, 0.2) is 0 Å². The fraction of sp³-hybridized carbons (Fsp3) is 0.250. The van der Waals surface area contributed by atoms with E-state index < -0.39 is 0 Å². The highest BCUT2D eigenvalue weighted by Crippen LogP contribution is 2.24. The van der Waals surface area contributed by atoms with Gasteiger partial charge in [-0.25, -0.2) is 0 Å². The first-order valence-corrected chi connectivity index (χ1v) is 6.15. The van der Waals surface area contributed by atoms with E-state index in [0.717, 1.165) is 0 Å². The van der Waals surface area contributed by atoms with E-state index in [2.05, 4.69) is 28.8 Å². The Bertz CT molecular complexity index is 541. The summed E-state index contributed by atoms with van der Waals surface area (Å²) in [5, 5.41) is 0.00929. The third kappa shape index (κ3) is 3.31. The van der Waals surface area contributed by atoms with Crippen molar-refractivity contribution in [2.24, 2.45) is 0 Å². The molecule has 0 aliphatic heterocycles. The average molecular weight is 284 g/mol. The van der Waals surface area contributed by atoms with Crippen molar-refractivity contribution in [1.82, 2.24) is 15.0 Å². The Kier molecular flexibility index (Phi) is 3.99. The second kappa shape index (κ2) is 5.50. The third-order valence-electron chi connectivity index (χ3n) is 2.29. The zero-order valence-electron chi connectivity index (χ0n) is 9.89. The summed E-state index contributed by atoms with van der Waals surface area (Å²) < 4.78 is 5.50. The van der Waals surface area contributed by atoms with Crippen molar-refractivity contribution in [1.29, 1.82) is 0 Å². The Morgan fingerprint density at radius 1 is 1.06 bits per heavy atom. The summed E-state index contributed by atoms with van der Waals surface area (Å²) >= 11 is 11.3. The summed E-state index contributed by atoms with van der Waals surface area (Å²) in [5.74, 6) is 1.05. The van der Waals surface area contributed by atoms with Gasteiger partial charge in [-0.2, -0.15) is 15.0 Å². The predicted molar refractivity (Wildman–Crippen MR) is 70.5 cm³/mol. The normalized spacial score (nSPS) is 10.7. The molecule has 0 saturated carbocycles. The first kappa shape index (κ1) is 13.1. The maximum atomic E-state index is 5.67. The summed E-state index contributed by atoms with van der Waals surface area (Å²) in [6.07, 6.45) is 0. The van der Waals surface area contributed by atoms with Gasteiger partial charge in [-0.05, 0) is 46.8 Å². The van der Waals surface area contributed by atoms with Crippen LogP contribution in [0, 0.1) is 0 Å². The van der Waals surface area contributed by atoms with Crippen molar-refractivity contribution in [3.63, 3.8) is 0 Å². The molecule has 18 heavy (non-hydrogen) atoms. The molecule has 0 spiro atoms. The molecule has 0 N–H and O–H groups in total. The van der Waals surface area contributed by atoms with Crippen LogP contribution in [0.15, 0.2) is 24.3 Å². The quantitative estimate of drug-likeness (QED) is 0.851. The number of rotatable bonds is 3. The van der Waals surface area contributed by atoms with Gasteiger partial charge in [-0.3, -0.25) is 0 Å². The lowest BCUT2D eigenvalue weighted by Gasteiger charge is -2.08. The van der Waals surface area contributed by atoms with E-state index in [4.69, 9.17) is 27.9 Å². The lowest BCUT2D eigenvalue weighted by atomic mass is 10.0. The van der Waals surface area contributed by atoms with Crippen molar-refractivity contribution < 1.29 is 4.74 Å². The van der Waals surface area contributed by atoms with Crippen LogP contribution in [0.5, 0.6) is 11.8 Å². The number of nitrogens with zero attached hydrogens (tertiary/aromatic N) is 3. The standard InChI is InChI=1S/C12H11Cl2N3O/c1-7(2)8-4-3-5-9(6-8)18-12-16-10(13)15-11(14)17-12/h3-7H,1-2H3.